The molecule has 0 aliphatic heterocycles. The molecular weight excluding hydrogens is 256 g/mol. The number of pyridine rings is 2. The molecule has 0 N–H and O–H groups in total. The van der Waals surface area contributed by atoms with Crippen molar-refractivity contribution in [3.05, 3.63) is 85.7 Å². The molecule has 0 spiro atoms. The van der Waals surface area contributed by atoms with E-state index in [9.17, 15) is 0 Å². The monoisotopic (exact) mass is 274 g/mol. The topological polar surface area (TPSA) is 16.8 Å². The fourth-order valence-electron chi connectivity index (χ4n) is 2.47. The van der Waals surface area contributed by atoms with Crippen molar-refractivity contribution in [2.75, 3.05) is 0 Å². The van der Waals surface area contributed by atoms with Crippen molar-refractivity contribution in [2.45, 2.75) is 19.4 Å². The first kappa shape index (κ1) is 13.7. The van der Waals surface area contributed by atoms with Gasteiger partial charge in [0.2, 0.25) is 0 Å². The first-order chi connectivity index (χ1) is 10.3. The van der Waals surface area contributed by atoms with Gasteiger partial charge in [-0.25, -0.2) is 4.57 Å². The van der Waals surface area contributed by atoms with Crippen LogP contribution in [0.5, 0.6) is 0 Å². The lowest BCUT2D eigenvalue weighted by molar-refractivity contribution is -0.719. The van der Waals surface area contributed by atoms with Crippen LogP contribution < -0.4 is 4.57 Å². The summed E-state index contributed by atoms with van der Waals surface area (Å²) < 4.78 is 2.25. The number of nitrogens with zero attached hydrogens (tertiary/aromatic N) is 2. The molecule has 0 fully saturated rings. The van der Waals surface area contributed by atoms with Gasteiger partial charge >= 0.3 is 0 Å². The van der Waals surface area contributed by atoms with Gasteiger partial charge in [0, 0.05) is 37.4 Å². The molecule has 0 bridgehead atoms. The first-order valence-corrected chi connectivity index (χ1v) is 7.19. The van der Waals surface area contributed by atoms with E-state index in [0.29, 0.717) is 6.04 Å². The Hall–Kier alpha value is -2.22. The summed E-state index contributed by atoms with van der Waals surface area (Å²) in [5, 5.41) is 0. The van der Waals surface area contributed by atoms with Crippen molar-refractivity contribution in [3.63, 3.8) is 0 Å². The highest BCUT2D eigenvalue weighted by Crippen LogP contribution is 2.19. The van der Waals surface area contributed by atoms with Gasteiger partial charge in [-0.05, 0) is 42.2 Å². The summed E-state index contributed by atoms with van der Waals surface area (Å²) in [5.41, 5.74) is 3.73. The second-order valence-electron chi connectivity index (χ2n) is 5.23. The van der Waals surface area contributed by atoms with Crippen LogP contribution in [0.15, 0.2) is 72.9 Å². The number of hydrogen-bond donors (Lipinski definition) is 0. The van der Waals surface area contributed by atoms with Crippen LogP contribution >= 0.6 is 0 Å². The molecule has 1 aliphatic rings. The predicted octanol–water partition coefficient (Wildman–Crippen LogP) is 3.77. The van der Waals surface area contributed by atoms with Crippen molar-refractivity contribution >= 4 is 0 Å². The average Bonchev–Trinajstić information content (AvgIpc) is 2.57. The third-order valence-electron chi connectivity index (χ3n) is 3.68. The molecule has 2 heteroatoms. The molecule has 0 saturated carbocycles. The van der Waals surface area contributed by atoms with E-state index in [0.717, 1.165) is 6.42 Å². The van der Waals surface area contributed by atoms with Crippen molar-refractivity contribution in [3.8, 4) is 11.1 Å². The summed E-state index contributed by atoms with van der Waals surface area (Å²) >= 11 is 0. The second kappa shape index (κ2) is 6.49. The smallest absolute Gasteiger partial charge is 0.169 e. The zero-order chi connectivity index (χ0) is 14.5. The van der Waals surface area contributed by atoms with Gasteiger partial charge in [-0.3, -0.25) is 4.98 Å². The van der Waals surface area contributed by atoms with E-state index in [1.54, 1.807) is 0 Å². The second-order valence-corrected chi connectivity index (χ2v) is 5.23. The average molecular weight is 274 g/mol. The molecule has 2 aromatic heterocycles. The van der Waals surface area contributed by atoms with Crippen molar-refractivity contribution < 1.29 is 4.57 Å². The SMILES string of the molecule is CC(CC1=C[C][CH]C=C1)[n+]1ccc(-c2ccncc2)cc1. The first-order valence-electron chi connectivity index (χ1n) is 7.19. The molecule has 1 unspecified atom stereocenters. The quantitative estimate of drug-likeness (QED) is 0.776. The van der Waals surface area contributed by atoms with E-state index >= 15 is 0 Å². The van der Waals surface area contributed by atoms with Gasteiger partial charge in [0.25, 0.3) is 0 Å². The third-order valence-corrected chi connectivity index (χ3v) is 3.68. The van der Waals surface area contributed by atoms with E-state index in [1.165, 1.54) is 16.7 Å². The van der Waals surface area contributed by atoms with Gasteiger partial charge in [0.05, 0.1) is 0 Å². The normalized spacial score (nSPS) is 15.6. The van der Waals surface area contributed by atoms with Gasteiger partial charge in [0.1, 0.15) is 0 Å². The molecule has 2 heterocycles. The summed E-state index contributed by atoms with van der Waals surface area (Å²) in [6.07, 6.45) is 20.3. The van der Waals surface area contributed by atoms with E-state index < -0.39 is 0 Å². The minimum atomic E-state index is 0.423. The molecule has 0 aromatic carbocycles. The van der Waals surface area contributed by atoms with Gasteiger partial charge in [0.15, 0.2) is 18.4 Å². The highest BCUT2D eigenvalue weighted by atomic mass is 15.0. The molecule has 1 aliphatic carbocycles. The van der Waals surface area contributed by atoms with Crippen molar-refractivity contribution in [1.82, 2.24) is 4.98 Å². The molecule has 21 heavy (non-hydrogen) atoms. The van der Waals surface area contributed by atoms with Crippen molar-refractivity contribution in [2.24, 2.45) is 0 Å². The Bertz CT molecular complexity index is 639. The Labute approximate surface area is 126 Å². The molecule has 0 saturated heterocycles. The lowest BCUT2D eigenvalue weighted by atomic mass is 10.0. The summed E-state index contributed by atoms with van der Waals surface area (Å²) in [7, 11) is 0. The number of allylic oxidation sites excluding steroid dienone is 4. The van der Waals surface area contributed by atoms with Gasteiger partial charge < -0.3 is 0 Å². The molecule has 2 aromatic rings. The zero-order valence-corrected chi connectivity index (χ0v) is 12.1. The Morgan fingerprint density at radius 1 is 1.10 bits per heavy atom. The van der Waals surface area contributed by atoms with Gasteiger partial charge in [-0.1, -0.05) is 18.2 Å². The lowest BCUT2D eigenvalue weighted by Gasteiger charge is -2.10. The summed E-state index contributed by atoms with van der Waals surface area (Å²) in [6, 6.07) is 8.80. The Morgan fingerprint density at radius 3 is 2.48 bits per heavy atom. The summed E-state index contributed by atoms with van der Waals surface area (Å²) in [5.74, 6) is 0. The molecule has 3 radical (unpaired) electrons. The highest BCUT2D eigenvalue weighted by Gasteiger charge is 2.14. The van der Waals surface area contributed by atoms with Crippen LogP contribution in [-0.4, -0.2) is 4.98 Å². The maximum absolute atomic E-state index is 4.06. The Morgan fingerprint density at radius 2 is 1.81 bits per heavy atom. The van der Waals surface area contributed by atoms with Crippen LogP contribution in [0.4, 0.5) is 0 Å². The predicted molar refractivity (Wildman–Crippen MR) is 84.0 cm³/mol. The third kappa shape index (κ3) is 3.46. The van der Waals surface area contributed by atoms with E-state index in [-0.39, 0.29) is 0 Å². The summed E-state index contributed by atoms with van der Waals surface area (Å²) in [6.45, 7) is 2.24. The molecule has 103 valence electrons. The zero-order valence-electron chi connectivity index (χ0n) is 12.1. The standard InChI is InChI=1S/C19H18N2/c1-16(15-17-5-3-2-4-6-17)21-13-9-19(10-14-21)18-7-11-20-12-8-18/h2-3,5-14,16H,15H2,1H3/q+1. The molecule has 0 amide bonds. The van der Waals surface area contributed by atoms with Crippen LogP contribution in [0, 0.1) is 12.8 Å². The maximum atomic E-state index is 4.06. The van der Waals surface area contributed by atoms with Crippen LogP contribution in [-0.2, 0) is 0 Å². The fourth-order valence-corrected chi connectivity index (χ4v) is 2.47. The fraction of sp³-hybridized carbons (Fsp3) is 0.158. The molecular formula is C19H18N2+. The van der Waals surface area contributed by atoms with E-state index in [2.05, 4.69) is 59.6 Å². The molecule has 3 rings (SSSR count). The van der Waals surface area contributed by atoms with Crippen LogP contribution in [0.1, 0.15) is 19.4 Å². The minimum Gasteiger partial charge on any atom is -0.265 e. The number of rotatable bonds is 4. The van der Waals surface area contributed by atoms with Gasteiger partial charge in [-0.15, -0.1) is 0 Å². The minimum absolute atomic E-state index is 0.423. The van der Waals surface area contributed by atoms with Crippen LogP contribution in [0.25, 0.3) is 11.1 Å². The van der Waals surface area contributed by atoms with Gasteiger partial charge in [-0.2, -0.15) is 0 Å². The highest BCUT2D eigenvalue weighted by molar-refractivity contribution is 5.61. The molecule has 1 atom stereocenters. The van der Waals surface area contributed by atoms with Crippen LogP contribution in [0.2, 0.25) is 0 Å². The maximum Gasteiger partial charge on any atom is 0.169 e. The summed E-state index contributed by atoms with van der Waals surface area (Å²) in [4.78, 5) is 4.06. The lowest BCUT2D eigenvalue weighted by Crippen LogP contribution is -2.37. The van der Waals surface area contributed by atoms with E-state index in [4.69, 9.17) is 0 Å². The Balaban J connectivity index is 1.72. The number of aromatic nitrogens is 2. The van der Waals surface area contributed by atoms with Crippen molar-refractivity contribution in [1.29, 1.82) is 0 Å². The van der Waals surface area contributed by atoms with E-state index in [1.807, 2.05) is 37.0 Å². The van der Waals surface area contributed by atoms with Crippen LogP contribution in [0.3, 0.4) is 0 Å². The number of hydrogen-bond acceptors (Lipinski definition) is 1. The Kier molecular flexibility index (Phi) is 4.25. The largest absolute Gasteiger partial charge is 0.265 e. The molecule has 2 nitrogen and oxygen atoms in total.